The topological polar surface area (TPSA) is 65.4 Å². The maximum absolute atomic E-state index is 12.2. The minimum absolute atomic E-state index is 0.0660. The number of fused-ring (bicyclic) bond motifs is 1. The third kappa shape index (κ3) is 2.31. The summed E-state index contributed by atoms with van der Waals surface area (Å²) in [4.78, 5) is 12.2. The van der Waals surface area contributed by atoms with E-state index in [1.54, 1.807) is 6.20 Å². The first-order valence-electron chi connectivity index (χ1n) is 6.42. The zero-order chi connectivity index (χ0) is 14.3. The van der Waals surface area contributed by atoms with Crippen molar-refractivity contribution >= 4 is 26.7 Å². The second kappa shape index (κ2) is 4.63. The first-order chi connectivity index (χ1) is 9.46. The number of esters is 1. The van der Waals surface area contributed by atoms with Gasteiger partial charge in [-0.15, -0.1) is 0 Å². The Labute approximate surface area is 117 Å². The molecule has 3 rings (SSSR count). The molecule has 0 unspecified atom stereocenters. The molecule has 1 aromatic carbocycles. The smallest absolute Gasteiger partial charge is 0.340 e. The summed E-state index contributed by atoms with van der Waals surface area (Å²) >= 11 is 0. The van der Waals surface area contributed by atoms with E-state index in [0.717, 1.165) is 10.9 Å². The van der Waals surface area contributed by atoms with Crippen LogP contribution in [0.1, 0.15) is 16.8 Å². The summed E-state index contributed by atoms with van der Waals surface area (Å²) < 4.78 is 29.9. The summed E-state index contributed by atoms with van der Waals surface area (Å²) in [7, 11) is -1.18. The van der Waals surface area contributed by atoms with Gasteiger partial charge in [0.05, 0.1) is 17.1 Å². The standard InChI is InChI=1S/C14H15NO4S/c1-15-8-12(11-4-2-3-5-13(11)15)14(16)19-10-6-7-20(17,18)9-10/h2-5,8,10H,6-7,9H2,1H3/t10-/m1/s1. The summed E-state index contributed by atoms with van der Waals surface area (Å²) in [6, 6.07) is 7.55. The van der Waals surface area contributed by atoms with Crippen molar-refractivity contribution in [3.05, 3.63) is 36.0 Å². The number of carbonyl (C=O) groups is 1. The van der Waals surface area contributed by atoms with Gasteiger partial charge >= 0.3 is 5.97 Å². The third-order valence-electron chi connectivity index (χ3n) is 3.58. The Hall–Kier alpha value is -1.82. The molecule has 1 atom stereocenters. The van der Waals surface area contributed by atoms with Crippen molar-refractivity contribution in [1.82, 2.24) is 4.57 Å². The van der Waals surface area contributed by atoms with E-state index < -0.39 is 21.9 Å². The molecule has 0 saturated carbocycles. The van der Waals surface area contributed by atoms with Crippen LogP contribution in [0, 0.1) is 0 Å². The van der Waals surface area contributed by atoms with Crippen LogP contribution in [-0.4, -0.2) is 36.6 Å². The molecule has 0 bridgehead atoms. The highest BCUT2D eigenvalue weighted by atomic mass is 32.2. The van der Waals surface area contributed by atoms with Crippen molar-refractivity contribution in [2.45, 2.75) is 12.5 Å². The van der Waals surface area contributed by atoms with E-state index in [0.29, 0.717) is 12.0 Å². The molecule has 5 nitrogen and oxygen atoms in total. The third-order valence-corrected chi connectivity index (χ3v) is 5.32. The van der Waals surface area contributed by atoms with E-state index in [9.17, 15) is 13.2 Å². The van der Waals surface area contributed by atoms with E-state index in [1.807, 2.05) is 35.9 Å². The number of para-hydroxylation sites is 1. The van der Waals surface area contributed by atoms with E-state index in [1.165, 1.54) is 0 Å². The minimum Gasteiger partial charge on any atom is -0.458 e. The zero-order valence-electron chi connectivity index (χ0n) is 11.1. The number of ether oxygens (including phenoxy) is 1. The summed E-state index contributed by atoms with van der Waals surface area (Å²) in [6.07, 6.45) is 1.58. The van der Waals surface area contributed by atoms with Crippen LogP contribution in [0.25, 0.3) is 10.9 Å². The molecule has 0 spiro atoms. The fraction of sp³-hybridized carbons (Fsp3) is 0.357. The summed E-state index contributed by atoms with van der Waals surface area (Å²) in [5.41, 5.74) is 1.42. The van der Waals surface area contributed by atoms with Gasteiger partial charge in [0.15, 0.2) is 9.84 Å². The Morgan fingerprint density at radius 2 is 2.10 bits per heavy atom. The number of hydrogen-bond acceptors (Lipinski definition) is 4. The number of aryl methyl sites for hydroxylation is 1. The quantitative estimate of drug-likeness (QED) is 0.788. The first kappa shape index (κ1) is 13.2. The molecule has 1 aliphatic rings. The molecule has 106 valence electrons. The largest absolute Gasteiger partial charge is 0.458 e. The Bertz CT molecular complexity index is 776. The van der Waals surface area contributed by atoms with Crippen molar-refractivity contribution in [3.63, 3.8) is 0 Å². The van der Waals surface area contributed by atoms with Gasteiger partial charge in [0.2, 0.25) is 0 Å². The molecule has 1 fully saturated rings. The highest BCUT2D eigenvalue weighted by Gasteiger charge is 2.31. The lowest BCUT2D eigenvalue weighted by atomic mass is 10.2. The minimum atomic E-state index is -3.04. The van der Waals surface area contributed by atoms with Crippen LogP contribution in [0.5, 0.6) is 0 Å². The maximum Gasteiger partial charge on any atom is 0.340 e. The Morgan fingerprint density at radius 3 is 2.80 bits per heavy atom. The van der Waals surface area contributed by atoms with Gasteiger partial charge in [-0.05, 0) is 12.5 Å². The SMILES string of the molecule is Cn1cc(C(=O)O[C@@H]2CCS(=O)(=O)C2)c2ccccc21. The summed E-state index contributed by atoms with van der Waals surface area (Å²) in [6.45, 7) is 0. The van der Waals surface area contributed by atoms with Crippen LogP contribution in [-0.2, 0) is 21.6 Å². The van der Waals surface area contributed by atoms with Gasteiger partial charge in [-0.1, -0.05) is 18.2 Å². The van der Waals surface area contributed by atoms with Crippen molar-refractivity contribution in [3.8, 4) is 0 Å². The van der Waals surface area contributed by atoms with Crippen LogP contribution in [0.15, 0.2) is 30.5 Å². The molecule has 20 heavy (non-hydrogen) atoms. The normalized spacial score (nSPS) is 21.1. The summed E-state index contributed by atoms with van der Waals surface area (Å²) in [5.74, 6) is -0.423. The van der Waals surface area contributed by atoms with Crippen LogP contribution >= 0.6 is 0 Å². The van der Waals surface area contributed by atoms with E-state index in [4.69, 9.17) is 4.74 Å². The zero-order valence-corrected chi connectivity index (χ0v) is 11.9. The fourth-order valence-corrected chi connectivity index (χ4v) is 4.16. The van der Waals surface area contributed by atoms with Gasteiger partial charge in [-0.25, -0.2) is 13.2 Å². The second-order valence-electron chi connectivity index (χ2n) is 5.10. The van der Waals surface area contributed by atoms with Crippen LogP contribution in [0.2, 0.25) is 0 Å². The number of nitrogens with zero attached hydrogens (tertiary/aromatic N) is 1. The van der Waals surface area contributed by atoms with E-state index >= 15 is 0 Å². The van der Waals surface area contributed by atoms with E-state index in [-0.39, 0.29) is 11.5 Å². The van der Waals surface area contributed by atoms with Crippen molar-refractivity contribution in [1.29, 1.82) is 0 Å². The Kier molecular flexibility index (Phi) is 3.05. The molecule has 0 N–H and O–H groups in total. The molecule has 1 aliphatic heterocycles. The number of rotatable bonds is 2. The first-order valence-corrected chi connectivity index (χ1v) is 8.24. The predicted molar refractivity (Wildman–Crippen MR) is 75.4 cm³/mol. The molecule has 1 aromatic heterocycles. The lowest BCUT2D eigenvalue weighted by molar-refractivity contribution is 0.0358. The fourth-order valence-electron chi connectivity index (χ4n) is 2.57. The van der Waals surface area contributed by atoms with Gasteiger partial charge < -0.3 is 9.30 Å². The van der Waals surface area contributed by atoms with Crippen LogP contribution in [0.4, 0.5) is 0 Å². The lowest BCUT2D eigenvalue weighted by Crippen LogP contribution is -2.19. The van der Waals surface area contributed by atoms with E-state index in [2.05, 4.69) is 0 Å². The molecule has 6 heteroatoms. The van der Waals surface area contributed by atoms with Crippen molar-refractivity contribution in [2.24, 2.45) is 7.05 Å². The Morgan fingerprint density at radius 1 is 1.35 bits per heavy atom. The number of hydrogen-bond donors (Lipinski definition) is 0. The average Bonchev–Trinajstić information content (AvgIpc) is 2.91. The van der Waals surface area contributed by atoms with Gasteiger partial charge in [0.25, 0.3) is 0 Å². The predicted octanol–water partition coefficient (Wildman–Crippen LogP) is 1.52. The molecule has 2 heterocycles. The number of aromatic nitrogens is 1. The van der Waals surface area contributed by atoms with Gasteiger partial charge in [-0.3, -0.25) is 0 Å². The van der Waals surface area contributed by atoms with Crippen molar-refractivity contribution in [2.75, 3.05) is 11.5 Å². The molecule has 2 aromatic rings. The number of sulfone groups is 1. The molecular formula is C14H15NO4S. The van der Waals surface area contributed by atoms with Gasteiger partial charge in [0.1, 0.15) is 6.10 Å². The second-order valence-corrected chi connectivity index (χ2v) is 7.33. The summed E-state index contributed by atoms with van der Waals surface area (Å²) in [5, 5.41) is 0.820. The van der Waals surface area contributed by atoms with Crippen molar-refractivity contribution < 1.29 is 17.9 Å². The van der Waals surface area contributed by atoms with Crippen LogP contribution in [0.3, 0.4) is 0 Å². The van der Waals surface area contributed by atoms with Gasteiger partial charge in [-0.2, -0.15) is 0 Å². The van der Waals surface area contributed by atoms with Crippen LogP contribution < -0.4 is 0 Å². The maximum atomic E-state index is 12.2. The highest BCUT2D eigenvalue weighted by Crippen LogP contribution is 2.23. The number of carbonyl (C=O) groups excluding carboxylic acids is 1. The highest BCUT2D eigenvalue weighted by molar-refractivity contribution is 7.91. The molecule has 0 radical (unpaired) electrons. The molecule has 0 amide bonds. The lowest BCUT2D eigenvalue weighted by Gasteiger charge is -2.09. The molecule has 0 aliphatic carbocycles. The number of benzene rings is 1. The van der Waals surface area contributed by atoms with Gasteiger partial charge in [0, 0.05) is 24.1 Å². The molecular weight excluding hydrogens is 278 g/mol. The average molecular weight is 293 g/mol. The monoisotopic (exact) mass is 293 g/mol. The Balaban J connectivity index is 1.87. The molecule has 1 saturated heterocycles.